The number of nitro benzene ring substituents is 1. The zero-order valence-electron chi connectivity index (χ0n) is 11.3. The van der Waals surface area contributed by atoms with Crippen LogP contribution in [0, 0.1) is 21.7 Å². The second kappa shape index (κ2) is 5.48. The van der Waals surface area contributed by atoms with E-state index in [0.29, 0.717) is 12.6 Å². The molecule has 0 aliphatic heterocycles. The number of nitro groups is 1. The maximum absolute atomic E-state index is 13.4. The number of halogens is 2. The van der Waals surface area contributed by atoms with E-state index in [4.69, 9.17) is 0 Å². The molecule has 0 amide bonds. The normalized spacial score (nSPS) is 11.7. The summed E-state index contributed by atoms with van der Waals surface area (Å²) in [4.78, 5) is 11.8. The van der Waals surface area contributed by atoms with Gasteiger partial charge < -0.3 is 10.2 Å². The van der Waals surface area contributed by atoms with Gasteiger partial charge in [0.2, 0.25) is 5.82 Å². The quantitative estimate of drug-likeness (QED) is 0.662. The highest BCUT2D eigenvalue weighted by Gasteiger charge is 2.25. The van der Waals surface area contributed by atoms with Crippen molar-refractivity contribution in [2.45, 2.75) is 19.4 Å². The average molecular weight is 273 g/mol. The van der Waals surface area contributed by atoms with Crippen molar-refractivity contribution in [3.63, 3.8) is 0 Å². The van der Waals surface area contributed by atoms with Gasteiger partial charge in [-0.3, -0.25) is 10.1 Å². The van der Waals surface area contributed by atoms with Crippen molar-refractivity contribution in [3.8, 4) is 0 Å². The van der Waals surface area contributed by atoms with Gasteiger partial charge in [0.1, 0.15) is 11.5 Å². The number of hydrogen-bond donors (Lipinski definition) is 1. The van der Waals surface area contributed by atoms with Gasteiger partial charge in [-0.25, -0.2) is 4.39 Å². The summed E-state index contributed by atoms with van der Waals surface area (Å²) in [5, 5.41) is 13.5. The first-order chi connectivity index (χ1) is 8.65. The van der Waals surface area contributed by atoms with Crippen molar-refractivity contribution in [3.05, 3.63) is 33.9 Å². The molecule has 5 nitrogen and oxygen atoms in total. The largest absolute Gasteiger partial charge is 0.377 e. The second-order valence-corrected chi connectivity index (χ2v) is 5.10. The van der Waals surface area contributed by atoms with Gasteiger partial charge in [0.25, 0.3) is 0 Å². The summed E-state index contributed by atoms with van der Waals surface area (Å²) in [6.07, 6.45) is 0. The summed E-state index contributed by atoms with van der Waals surface area (Å²) in [7, 11) is 3.70. The van der Waals surface area contributed by atoms with E-state index >= 15 is 0 Å². The van der Waals surface area contributed by atoms with E-state index in [2.05, 4.69) is 5.32 Å². The Morgan fingerprint density at radius 1 is 1.37 bits per heavy atom. The van der Waals surface area contributed by atoms with E-state index in [1.54, 1.807) is 0 Å². The van der Waals surface area contributed by atoms with Gasteiger partial charge in [-0.2, -0.15) is 4.39 Å². The van der Waals surface area contributed by atoms with E-state index in [9.17, 15) is 18.9 Å². The molecule has 19 heavy (non-hydrogen) atoms. The Bertz CT molecular complexity index is 490. The molecule has 0 saturated carbocycles. The van der Waals surface area contributed by atoms with Crippen LogP contribution in [0.4, 0.5) is 20.2 Å². The van der Waals surface area contributed by atoms with Crippen LogP contribution in [0.15, 0.2) is 12.1 Å². The molecule has 0 bridgehead atoms. The van der Waals surface area contributed by atoms with Crippen LogP contribution >= 0.6 is 0 Å². The van der Waals surface area contributed by atoms with Gasteiger partial charge in [0.15, 0.2) is 0 Å². The Morgan fingerprint density at radius 2 is 1.95 bits per heavy atom. The SMILES string of the molecule is CN(C)C(C)(C)CNc1cc(F)cc(F)c1[N+](=O)[O-]. The molecule has 106 valence electrons. The van der Waals surface area contributed by atoms with Crippen LogP contribution in [0.5, 0.6) is 0 Å². The standard InChI is InChI=1S/C12H17F2N3O2/c1-12(2,16(3)4)7-15-10-6-8(13)5-9(14)11(10)17(18)19/h5-6,15H,7H2,1-4H3. The molecule has 0 atom stereocenters. The zero-order valence-corrected chi connectivity index (χ0v) is 11.3. The van der Waals surface area contributed by atoms with E-state index in [1.807, 2.05) is 32.8 Å². The fourth-order valence-corrected chi connectivity index (χ4v) is 1.36. The molecule has 0 fully saturated rings. The lowest BCUT2D eigenvalue weighted by Gasteiger charge is -2.32. The summed E-state index contributed by atoms with van der Waals surface area (Å²) >= 11 is 0. The summed E-state index contributed by atoms with van der Waals surface area (Å²) in [6, 6.07) is 1.42. The first kappa shape index (κ1) is 15.3. The Morgan fingerprint density at radius 3 is 2.42 bits per heavy atom. The third-order valence-corrected chi connectivity index (χ3v) is 3.13. The molecular weight excluding hydrogens is 256 g/mol. The van der Waals surface area contributed by atoms with Crippen molar-refractivity contribution >= 4 is 11.4 Å². The van der Waals surface area contributed by atoms with Crippen LogP contribution in [-0.4, -0.2) is 36.0 Å². The number of anilines is 1. The zero-order chi connectivity index (χ0) is 14.8. The van der Waals surface area contributed by atoms with E-state index in [-0.39, 0.29) is 11.2 Å². The van der Waals surface area contributed by atoms with Gasteiger partial charge in [-0.1, -0.05) is 0 Å². The number of nitrogens with one attached hydrogen (secondary N) is 1. The lowest BCUT2D eigenvalue weighted by atomic mass is 10.0. The van der Waals surface area contributed by atoms with Crippen LogP contribution in [0.1, 0.15) is 13.8 Å². The van der Waals surface area contributed by atoms with Crippen molar-refractivity contribution in [1.29, 1.82) is 0 Å². The molecule has 0 radical (unpaired) electrons. The maximum Gasteiger partial charge on any atom is 0.327 e. The van der Waals surface area contributed by atoms with Gasteiger partial charge in [-0.15, -0.1) is 0 Å². The molecule has 1 aromatic rings. The van der Waals surface area contributed by atoms with Crippen LogP contribution in [0.3, 0.4) is 0 Å². The van der Waals surface area contributed by atoms with Gasteiger partial charge in [0, 0.05) is 24.2 Å². The highest BCUT2D eigenvalue weighted by molar-refractivity contribution is 5.62. The second-order valence-electron chi connectivity index (χ2n) is 5.10. The highest BCUT2D eigenvalue weighted by atomic mass is 19.1. The number of likely N-dealkylation sites (N-methyl/N-ethyl adjacent to an activating group) is 1. The predicted octanol–water partition coefficient (Wildman–Crippen LogP) is 2.63. The summed E-state index contributed by atoms with van der Waals surface area (Å²) in [5.41, 5.74) is -1.22. The topological polar surface area (TPSA) is 58.4 Å². The summed E-state index contributed by atoms with van der Waals surface area (Å²) in [6.45, 7) is 4.12. The minimum absolute atomic E-state index is 0.155. The summed E-state index contributed by atoms with van der Waals surface area (Å²) < 4.78 is 26.5. The van der Waals surface area contributed by atoms with Crippen molar-refractivity contribution in [1.82, 2.24) is 4.90 Å². The molecule has 0 unspecified atom stereocenters. The Balaban J connectivity index is 3.04. The molecule has 1 rings (SSSR count). The molecular formula is C12H17F2N3O2. The third-order valence-electron chi connectivity index (χ3n) is 3.13. The van der Waals surface area contributed by atoms with Gasteiger partial charge in [0.05, 0.1) is 4.92 Å². The van der Waals surface area contributed by atoms with E-state index < -0.39 is 22.2 Å². The van der Waals surface area contributed by atoms with Crippen LogP contribution in [0.2, 0.25) is 0 Å². The van der Waals surface area contributed by atoms with Crippen LogP contribution in [-0.2, 0) is 0 Å². The first-order valence-corrected chi connectivity index (χ1v) is 5.70. The smallest absolute Gasteiger partial charge is 0.327 e. The highest BCUT2D eigenvalue weighted by Crippen LogP contribution is 2.29. The lowest BCUT2D eigenvalue weighted by molar-refractivity contribution is -0.386. The number of hydrogen-bond acceptors (Lipinski definition) is 4. The van der Waals surface area contributed by atoms with E-state index in [0.717, 1.165) is 6.07 Å². The fourth-order valence-electron chi connectivity index (χ4n) is 1.36. The number of benzene rings is 1. The van der Waals surface area contributed by atoms with Crippen molar-refractivity contribution in [2.75, 3.05) is 26.0 Å². The monoisotopic (exact) mass is 273 g/mol. The molecule has 1 aromatic carbocycles. The number of nitrogens with zero attached hydrogens (tertiary/aromatic N) is 2. The molecule has 0 aliphatic rings. The van der Waals surface area contributed by atoms with Crippen LogP contribution < -0.4 is 5.32 Å². The molecule has 0 spiro atoms. The van der Waals surface area contributed by atoms with E-state index in [1.165, 1.54) is 0 Å². The number of rotatable bonds is 5. The molecule has 1 N–H and O–H groups in total. The average Bonchev–Trinajstić information content (AvgIpc) is 2.24. The lowest BCUT2D eigenvalue weighted by Crippen LogP contribution is -2.44. The fraction of sp³-hybridized carbons (Fsp3) is 0.500. The third kappa shape index (κ3) is 3.60. The first-order valence-electron chi connectivity index (χ1n) is 5.70. The van der Waals surface area contributed by atoms with Crippen LogP contribution in [0.25, 0.3) is 0 Å². The minimum atomic E-state index is -1.19. The molecule has 0 aromatic heterocycles. The Kier molecular flexibility index (Phi) is 4.41. The van der Waals surface area contributed by atoms with Crippen molar-refractivity contribution in [2.24, 2.45) is 0 Å². The summed E-state index contributed by atoms with van der Waals surface area (Å²) in [5.74, 6) is -2.04. The molecule has 0 aliphatic carbocycles. The van der Waals surface area contributed by atoms with Crippen molar-refractivity contribution < 1.29 is 13.7 Å². The maximum atomic E-state index is 13.4. The van der Waals surface area contributed by atoms with Gasteiger partial charge in [-0.05, 0) is 27.9 Å². The molecule has 0 saturated heterocycles. The Hall–Kier alpha value is -1.76. The predicted molar refractivity (Wildman–Crippen MR) is 69.3 cm³/mol. The molecule has 0 heterocycles. The van der Waals surface area contributed by atoms with Gasteiger partial charge >= 0.3 is 5.69 Å². The Labute approximate surface area is 110 Å². The minimum Gasteiger partial charge on any atom is -0.377 e. The molecule has 7 heteroatoms.